The summed E-state index contributed by atoms with van der Waals surface area (Å²) in [6.45, 7) is 4.76. The van der Waals surface area contributed by atoms with Crippen LogP contribution < -0.4 is 0 Å². The Morgan fingerprint density at radius 2 is 2.05 bits per heavy atom. The first-order chi connectivity index (χ1) is 9.47. The van der Waals surface area contributed by atoms with Gasteiger partial charge in [0.1, 0.15) is 23.8 Å². The van der Waals surface area contributed by atoms with Crippen LogP contribution in [0.5, 0.6) is 0 Å². The van der Waals surface area contributed by atoms with Gasteiger partial charge in [0.15, 0.2) is 0 Å². The van der Waals surface area contributed by atoms with Crippen molar-refractivity contribution < 1.29 is 13.9 Å². The summed E-state index contributed by atoms with van der Waals surface area (Å²) in [4.78, 5) is 4.08. The molecule has 4 nitrogen and oxygen atoms in total. The Kier molecular flexibility index (Phi) is 4.44. The van der Waals surface area contributed by atoms with Crippen LogP contribution in [0.25, 0.3) is 0 Å². The maximum Gasteiger partial charge on any atom is 0.138 e. The predicted molar refractivity (Wildman–Crippen MR) is 69.9 cm³/mol. The number of aromatic nitrogens is 3. The van der Waals surface area contributed by atoms with Gasteiger partial charge in [0.25, 0.3) is 0 Å². The molecule has 0 aliphatic carbocycles. The fourth-order valence-electron chi connectivity index (χ4n) is 2.00. The number of nitrogens with zero attached hydrogens (tertiary/aromatic N) is 3. The summed E-state index contributed by atoms with van der Waals surface area (Å²) in [6, 6.07) is 3.14. The highest BCUT2D eigenvalue weighted by Crippen LogP contribution is 2.21. The zero-order chi connectivity index (χ0) is 14.7. The van der Waals surface area contributed by atoms with E-state index >= 15 is 0 Å². The Balaban J connectivity index is 2.15. The van der Waals surface area contributed by atoms with Crippen LogP contribution in [0.2, 0.25) is 0 Å². The number of benzene rings is 1. The molecule has 1 atom stereocenters. The highest BCUT2D eigenvalue weighted by Gasteiger charge is 2.17. The van der Waals surface area contributed by atoms with E-state index in [1.165, 1.54) is 12.4 Å². The molecule has 0 spiro atoms. The molecule has 0 saturated carbocycles. The minimum Gasteiger partial charge on any atom is -0.388 e. The molecule has 0 amide bonds. The number of aliphatic hydroxyl groups is 1. The van der Waals surface area contributed by atoms with Crippen LogP contribution in [0.4, 0.5) is 8.78 Å². The number of aliphatic hydroxyl groups excluding tert-OH is 1. The number of hydrogen-bond acceptors (Lipinski definition) is 3. The lowest BCUT2D eigenvalue weighted by Gasteiger charge is -2.13. The molecule has 1 heterocycles. The smallest absolute Gasteiger partial charge is 0.138 e. The van der Waals surface area contributed by atoms with E-state index in [1.54, 1.807) is 4.68 Å². The van der Waals surface area contributed by atoms with Crippen molar-refractivity contribution in [2.45, 2.75) is 32.9 Å². The summed E-state index contributed by atoms with van der Waals surface area (Å²) >= 11 is 0. The van der Waals surface area contributed by atoms with Crippen LogP contribution in [-0.4, -0.2) is 19.9 Å². The third kappa shape index (κ3) is 3.39. The van der Waals surface area contributed by atoms with Gasteiger partial charge in [-0.15, -0.1) is 0 Å². The minimum atomic E-state index is -1.08. The molecule has 2 rings (SSSR count). The fourth-order valence-corrected chi connectivity index (χ4v) is 2.00. The summed E-state index contributed by atoms with van der Waals surface area (Å²) in [6.07, 6.45) is 0.464. The lowest BCUT2D eigenvalue weighted by Crippen LogP contribution is -2.14. The Morgan fingerprint density at radius 3 is 2.70 bits per heavy atom. The van der Waals surface area contributed by atoms with Crippen molar-refractivity contribution in [2.24, 2.45) is 5.92 Å². The average molecular weight is 281 g/mol. The van der Waals surface area contributed by atoms with Gasteiger partial charge >= 0.3 is 0 Å². The maximum atomic E-state index is 13.6. The van der Waals surface area contributed by atoms with Crippen LogP contribution in [-0.2, 0) is 13.0 Å². The molecule has 6 heteroatoms. The molecule has 1 unspecified atom stereocenters. The summed E-state index contributed by atoms with van der Waals surface area (Å²) < 4.78 is 28.1. The fraction of sp³-hybridized carbons (Fsp3) is 0.429. The lowest BCUT2D eigenvalue weighted by atomic mass is 10.1. The molecule has 20 heavy (non-hydrogen) atoms. The van der Waals surface area contributed by atoms with E-state index in [-0.39, 0.29) is 12.0 Å². The standard InChI is InChI=1S/C14H17F2N3O/c1-9(2)7-19-14(17-8-18-19)6-13(20)11-4-3-10(15)5-12(11)16/h3-5,8-9,13,20H,6-7H2,1-2H3. The van der Waals surface area contributed by atoms with E-state index in [0.29, 0.717) is 18.3 Å². The van der Waals surface area contributed by atoms with E-state index < -0.39 is 17.7 Å². The first-order valence-electron chi connectivity index (χ1n) is 6.47. The highest BCUT2D eigenvalue weighted by molar-refractivity contribution is 5.21. The van der Waals surface area contributed by atoms with Crippen molar-refractivity contribution in [2.75, 3.05) is 0 Å². The predicted octanol–water partition coefficient (Wildman–Crippen LogP) is 2.49. The van der Waals surface area contributed by atoms with Gasteiger partial charge in [0, 0.05) is 24.6 Å². The van der Waals surface area contributed by atoms with Gasteiger partial charge in [-0.1, -0.05) is 19.9 Å². The highest BCUT2D eigenvalue weighted by atomic mass is 19.1. The van der Waals surface area contributed by atoms with E-state index in [4.69, 9.17) is 0 Å². The van der Waals surface area contributed by atoms with E-state index in [0.717, 1.165) is 12.1 Å². The molecule has 0 aliphatic rings. The molecule has 108 valence electrons. The first kappa shape index (κ1) is 14.6. The van der Waals surface area contributed by atoms with Gasteiger partial charge in [-0.25, -0.2) is 18.4 Å². The number of halogens is 2. The summed E-state index contributed by atoms with van der Waals surface area (Å²) in [5, 5.41) is 14.2. The van der Waals surface area contributed by atoms with Crippen molar-refractivity contribution in [1.82, 2.24) is 14.8 Å². The van der Waals surface area contributed by atoms with Crippen molar-refractivity contribution in [1.29, 1.82) is 0 Å². The molecule has 1 aromatic carbocycles. The van der Waals surface area contributed by atoms with Crippen LogP contribution in [0.15, 0.2) is 24.5 Å². The second kappa shape index (κ2) is 6.09. The average Bonchev–Trinajstić information content (AvgIpc) is 2.75. The lowest BCUT2D eigenvalue weighted by molar-refractivity contribution is 0.168. The van der Waals surface area contributed by atoms with E-state index in [1.807, 2.05) is 13.8 Å². The third-order valence-corrected chi connectivity index (χ3v) is 2.93. The molecule has 2 aromatic rings. The Hall–Kier alpha value is -1.82. The zero-order valence-corrected chi connectivity index (χ0v) is 11.4. The molecule has 0 aliphatic heterocycles. The normalized spacial score (nSPS) is 12.9. The van der Waals surface area contributed by atoms with Crippen LogP contribution in [0.1, 0.15) is 31.3 Å². The molecule has 0 radical (unpaired) electrons. The van der Waals surface area contributed by atoms with Gasteiger partial charge in [0.05, 0.1) is 6.10 Å². The second-order valence-electron chi connectivity index (χ2n) is 5.14. The molecular formula is C14H17F2N3O. The van der Waals surface area contributed by atoms with Crippen LogP contribution >= 0.6 is 0 Å². The molecule has 1 N–H and O–H groups in total. The van der Waals surface area contributed by atoms with Gasteiger partial charge in [-0.05, 0) is 12.0 Å². The Labute approximate surface area is 116 Å². The largest absolute Gasteiger partial charge is 0.388 e. The van der Waals surface area contributed by atoms with E-state index in [2.05, 4.69) is 10.1 Å². The molecule has 0 fully saturated rings. The van der Waals surface area contributed by atoms with Crippen LogP contribution in [0.3, 0.4) is 0 Å². The molecule has 0 bridgehead atoms. The molecule has 0 saturated heterocycles. The quantitative estimate of drug-likeness (QED) is 0.916. The SMILES string of the molecule is CC(C)Cn1ncnc1CC(O)c1ccc(F)cc1F. The van der Waals surface area contributed by atoms with Crippen molar-refractivity contribution in [3.05, 3.63) is 47.5 Å². The minimum absolute atomic E-state index is 0.0606. The summed E-state index contributed by atoms with van der Waals surface area (Å²) in [5.74, 6) is -0.459. The summed E-state index contributed by atoms with van der Waals surface area (Å²) in [7, 11) is 0. The Bertz CT molecular complexity index is 584. The maximum absolute atomic E-state index is 13.6. The molecule has 1 aromatic heterocycles. The number of rotatable bonds is 5. The Morgan fingerprint density at radius 1 is 1.30 bits per heavy atom. The number of hydrogen-bond donors (Lipinski definition) is 1. The first-order valence-corrected chi connectivity index (χ1v) is 6.47. The second-order valence-corrected chi connectivity index (χ2v) is 5.14. The van der Waals surface area contributed by atoms with Gasteiger partial charge < -0.3 is 5.11 Å². The van der Waals surface area contributed by atoms with Gasteiger partial charge in [-0.2, -0.15) is 5.10 Å². The summed E-state index contributed by atoms with van der Waals surface area (Å²) in [5.41, 5.74) is 0.0606. The third-order valence-electron chi connectivity index (χ3n) is 2.93. The topological polar surface area (TPSA) is 50.9 Å². The van der Waals surface area contributed by atoms with Crippen LogP contribution in [0, 0.1) is 17.6 Å². The van der Waals surface area contributed by atoms with E-state index in [9.17, 15) is 13.9 Å². The molecular weight excluding hydrogens is 264 g/mol. The van der Waals surface area contributed by atoms with Crippen molar-refractivity contribution in [3.8, 4) is 0 Å². The van der Waals surface area contributed by atoms with Gasteiger partial charge in [0.2, 0.25) is 0 Å². The zero-order valence-electron chi connectivity index (χ0n) is 11.4. The monoisotopic (exact) mass is 281 g/mol. The van der Waals surface area contributed by atoms with Gasteiger partial charge in [-0.3, -0.25) is 0 Å². The van der Waals surface area contributed by atoms with Crippen molar-refractivity contribution in [3.63, 3.8) is 0 Å². The van der Waals surface area contributed by atoms with Crippen molar-refractivity contribution >= 4 is 0 Å².